The number of nitro groups is 1. The molecule has 6 nitrogen and oxygen atoms in total. The molecule has 0 spiro atoms. The molecule has 1 aliphatic carbocycles. The van der Waals surface area contributed by atoms with Gasteiger partial charge in [-0.1, -0.05) is 15.9 Å². The van der Waals surface area contributed by atoms with Crippen molar-refractivity contribution in [2.24, 2.45) is 0 Å². The molecule has 0 saturated carbocycles. The highest BCUT2D eigenvalue weighted by Crippen LogP contribution is 2.51. The molecule has 2 aliphatic heterocycles. The van der Waals surface area contributed by atoms with Gasteiger partial charge >= 0.3 is 0 Å². The molecular weight excluding hydrogens is 408 g/mol. The normalized spacial score (nSPS) is 25.9. The maximum atomic E-state index is 12.5. The van der Waals surface area contributed by atoms with Crippen molar-refractivity contribution in [3.63, 3.8) is 0 Å². The number of phenols is 1. The smallest absolute Gasteiger partial charge is 0.290 e. The zero-order valence-electron chi connectivity index (χ0n) is 13.4. The van der Waals surface area contributed by atoms with Crippen LogP contribution in [-0.4, -0.2) is 31.4 Å². The van der Waals surface area contributed by atoms with Crippen LogP contribution in [-0.2, 0) is 10.8 Å². The Morgan fingerprint density at radius 1 is 1.32 bits per heavy atom. The molecule has 0 amide bonds. The maximum absolute atomic E-state index is 12.5. The Morgan fingerprint density at radius 2 is 2.08 bits per heavy atom. The van der Waals surface area contributed by atoms with E-state index in [4.69, 9.17) is 0 Å². The molecule has 25 heavy (non-hydrogen) atoms. The van der Waals surface area contributed by atoms with Crippen LogP contribution in [0.3, 0.4) is 0 Å². The second-order valence-corrected chi connectivity index (χ2v) is 8.87. The molecule has 0 aromatic heterocycles. The molecule has 4 rings (SSSR count). The number of hydrogen-bond acceptors (Lipinski definition) is 5. The summed E-state index contributed by atoms with van der Waals surface area (Å²) < 4.78 is 13.3. The summed E-state index contributed by atoms with van der Waals surface area (Å²) in [5.41, 5.74) is 2.53. The van der Waals surface area contributed by atoms with Gasteiger partial charge in [0.25, 0.3) is 5.70 Å². The summed E-state index contributed by atoms with van der Waals surface area (Å²) in [5, 5.41) is 22.7. The number of hydrogen-bond donors (Lipinski definition) is 1. The van der Waals surface area contributed by atoms with Gasteiger partial charge in [-0.2, -0.15) is 0 Å². The molecule has 2 atom stereocenters. The molecule has 1 aromatic carbocycles. The van der Waals surface area contributed by atoms with Crippen molar-refractivity contribution in [2.75, 3.05) is 12.3 Å². The van der Waals surface area contributed by atoms with Gasteiger partial charge < -0.3 is 10.0 Å². The summed E-state index contributed by atoms with van der Waals surface area (Å²) in [6, 6.07) is 4.98. The van der Waals surface area contributed by atoms with Crippen LogP contribution in [0, 0.1) is 10.1 Å². The fourth-order valence-corrected chi connectivity index (χ4v) is 5.90. The quantitative estimate of drug-likeness (QED) is 0.579. The van der Waals surface area contributed by atoms with Crippen LogP contribution in [0.2, 0.25) is 0 Å². The van der Waals surface area contributed by atoms with Crippen molar-refractivity contribution >= 4 is 26.7 Å². The van der Waals surface area contributed by atoms with E-state index in [1.807, 2.05) is 4.90 Å². The largest absolute Gasteiger partial charge is 0.508 e. The lowest BCUT2D eigenvalue weighted by molar-refractivity contribution is -0.431. The molecule has 2 unspecified atom stereocenters. The van der Waals surface area contributed by atoms with Gasteiger partial charge in [-0.05, 0) is 49.5 Å². The zero-order valence-corrected chi connectivity index (χ0v) is 15.8. The van der Waals surface area contributed by atoms with Crippen LogP contribution in [0.4, 0.5) is 0 Å². The third-order valence-corrected chi connectivity index (χ3v) is 7.01. The van der Waals surface area contributed by atoms with Gasteiger partial charge in [0.1, 0.15) is 11.7 Å². The number of fused-ring (bicyclic) bond motifs is 2. The molecule has 1 aromatic rings. The third kappa shape index (κ3) is 2.62. The SMILES string of the molecule is O=[N+]([O-])C1=C2N(CCS2=O)C2=C(CCCC2)C1c1cc(Br)ccc1O. The summed E-state index contributed by atoms with van der Waals surface area (Å²) in [5.74, 6) is -0.195. The molecule has 1 saturated heterocycles. The minimum atomic E-state index is -1.38. The van der Waals surface area contributed by atoms with E-state index in [0.717, 1.165) is 41.4 Å². The summed E-state index contributed by atoms with van der Waals surface area (Å²) in [4.78, 5) is 13.5. The standard InChI is InChI=1S/C17H17BrN2O4S/c18-10-5-6-14(21)12(9-10)15-11-3-1-2-4-13(11)19-7-8-25(24)17(19)16(15)20(22)23/h5-6,9,15,21H,1-4,7-8H2. The lowest BCUT2D eigenvalue weighted by atomic mass is 9.78. The first kappa shape index (κ1) is 16.8. The maximum Gasteiger partial charge on any atom is 0.290 e. The Hall–Kier alpha value is -1.67. The first-order valence-corrected chi connectivity index (χ1v) is 10.3. The lowest BCUT2D eigenvalue weighted by Gasteiger charge is -2.36. The minimum absolute atomic E-state index is 0.0304. The lowest BCUT2D eigenvalue weighted by Crippen LogP contribution is -2.32. The number of nitrogens with zero attached hydrogens (tertiary/aromatic N) is 2. The summed E-state index contributed by atoms with van der Waals surface area (Å²) in [6.45, 7) is 0.565. The first-order valence-electron chi connectivity index (χ1n) is 8.24. The van der Waals surface area contributed by atoms with Crippen LogP contribution < -0.4 is 0 Å². The van der Waals surface area contributed by atoms with E-state index in [0.29, 0.717) is 22.9 Å². The first-order chi connectivity index (χ1) is 12.0. The van der Waals surface area contributed by atoms with Gasteiger partial charge in [0.15, 0.2) is 5.03 Å². The van der Waals surface area contributed by atoms with E-state index in [2.05, 4.69) is 15.9 Å². The Balaban J connectivity index is 2.00. The Labute approximate surface area is 155 Å². The average molecular weight is 425 g/mol. The fraction of sp³-hybridized carbons (Fsp3) is 0.412. The monoisotopic (exact) mass is 424 g/mol. The van der Waals surface area contributed by atoms with Crippen molar-refractivity contribution in [3.8, 4) is 5.75 Å². The number of benzene rings is 1. The van der Waals surface area contributed by atoms with Crippen LogP contribution in [0.15, 0.2) is 44.7 Å². The minimum Gasteiger partial charge on any atom is -0.508 e. The second kappa shape index (κ2) is 6.25. The summed E-state index contributed by atoms with van der Waals surface area (Å²) in [7, 11) is -1.38. The molecule has 1 fully saturated rings. The Morgan fingerprint density at radius 3 is 2.84 bits per heavy atom. The molecule has 1 N–H and O–H groups in total. The van der Waals surface area contributed by atoms with E-state index in [-0.39, 0.29) is 11.4 Å². The second-order valence-electron chi connectivity index (χ2n) is 6.46. The number of phenolic OH excluding ortho intramolecular Hbond substituents is 1. The van der Waals surface area contributed by atoms with Crippen molar-refractivity contribution in [1.82, 2.24) is 4.90 Å². The Kier molecular flexibility index (Phi) is 4.19. The van der Waals surface area contributed by atoms with Gasteiger partial charge in [-0.25, -0.2) is 0 Å². The van der Waals surface area contributed by atoms with Crippen molar-refractivity contribution in [3.05, 3.63) is 60.3 Å². The summed E-state index contributed by atoms with van der Waals surface area (Å²) in [6.07, 6.45) is 3.60. The van der Waals surface area contributed by atoms with Crippen LogP contribution in [0.25, 0.3) is 0 Å². The highest BCUT2D eigenvalue weighted by Gasteiger charge is 2.48. The van der Waals surface area contributed by atoms with E-state index in [1.165, 1.54) is 0 Å². The predicted molar refractivity (Wildman–Crippen MR) is 97.8 cm³/mol. The van der Waals surface area contributed by atoms with E-state index < -0.39 is 21.6 Å². The van der Waals surface area contributed by atoms with Crippen molar-refractivity contribution in [1.29, 1.82) is 0 Å². The van der Waals surface area contributed by atoms with E-state index >= 15 is 0 Å². The highest BCUT2D eigenvalue weighted by atomic mass is 79.9. The third-order valence-electron chi connectivity index (χ3n) is 5.11. The van der Waals surface area contributed by atoms with E-state index in [9.17, 15) is 19.4 Å². The number of halogens is 1. The number of allylic oxidation sites excluding steroid dienone is 2. The molecule has 132 valence electrons. The number of aromatic hydroxyl groups is 1. The number of rotatable bonds is 2. The van der Waals surface area contributed by atoms with E-state index in [1.54, 1.807) is 18.2 Å². The molecule has 3 aliphatic rings. The highest BCUT2D eigenvalue weighted by molar-refractivity contribution is 9.10. The molecular formula is C17H17BrN2O4S. The van der Waals surface area contributed by atoms with Crippen LogP contribution in [0.5, 0.6) is 5.75 Å². The van der Waals surface area contributed by atoms with Crippen LogP contribution in [0.1, 0.15) is 37.2 Å². The van der Waals surface area contributed by atoms with Gasteiger partial charge in [0.2, 0.25) is 0 Å². The van der Waals surface area contributed by atoms with Crippen molar-refractivity contribution in [2.45, 2.75) is 31.6 Å². The Bertz CT molecular complexity index is 864. The molecule has 2 heterocycles. The zero-order chi connectivity index (χ0) is 17.7. The predicted octanol–water partition coefficient (Wildman–Crippen LogP) is 3.59. The molecule has 0 radical (unpaired) electrons. The molecule has 8 heteroatoms. The fourth-order valence-electron chi connectivity index (χ4n) is 4.10. The van der Waals surface area contributed by atoms with Gasteiger partial charge in [0.05, 0.1) is 15.7 Å². The van der Waals surface area contributed by atoms with Gasteiger partial charge in [-0.15, -0.1) is 0 Å². The summed E-state index contributed by atoms with van der Waals surface area (Å²) >= 11 is 3.39. The molecule has 0 bridgehead atoms. The van der Waals surface area contributed by atoms with Gasteiger partial charge in [-0.3, -0.25) is 14.3 Å². The van der Waals surface area contributed by atoms with Gasteiger partial charge in [0, 0.05) is 28.0 Å². The average Bonchev–Trinajstić information content (AvgIpc) is 2.98. The van der Waals surface area contributed by atoms with Crippen molar-refractivity contribution < 1.29 is 14.2 Å². The van der Waals surface area contributed by atoms with Crippen LogP contribution >= 0.6 is 15.9 Å². The topological polar surface area (TPSA) is 83.7 Å².